The Bertz CT molecular complexity index is 968. The highest BCUT2D eigenvalue weighted by Gasteiger charge is 2.45. The van der Waals surface area contributed by atoms with Crippen LogP contribution in [-0.2, 0) is 25.6 Å². The van der Waals surface area contributed by atoms with Crippen molar-refractivity contribution in [3.8, 4) is 0 Å². The lowest BCUT2D eigenvalue weighted by molar-refractivity contribution is -0.129. The first-order valence-corrected chi connectivity index (χ1v) is 11.6. The van der Waals surface area contributed by atoms with Crippen LogP contribution in [0.25, 0.3) is 0 Å². The lowest BCUT2D eigenvalue weighted by Crippen LogP contribution is -2.49. The smallest absolute Gasteiger partial charge is 0.261 e. The first kappa shape index (κ1) is 21.4. The predicted molar refractivity (Wildman–Crippen MR) is 117 cm³/mol. The van der Waals surface area contributed by atoms with Crippen LogP contribution in [0.3, 0.4) is 0 Å². The molecule has 2 N–H and O–H groups in total. The summed E-state index contributed by atoms with van der Waals surface area (Å²) in [6, 6.07) is 14.1. The number of amides is 1. The molecule has 3 rings (SSSR count). The van der Waals surface area contributed by atoms with Gasteiger partial charge < -0.3 is 5.32 Å². The highest BCUT2D eigenvalue weighted by Crippen LogP contribution is 2.44. The van der Waals surface area contributed by atoms with E-state index in [2.05, 4.69) is 30.8 Å². The fourth-order valence-corrected chi connectivity index (χ4v) is 4.77. The molecule has 2 aromatic carbocycles. The second kappa shape index (κ2) is 7.82. The lowest BCUT2D eigenvalue weighted by Gasteiger charge is -2.40. The summed E-state index contributed by atoms with van der Waals surface area (Å²) in [7, 11) is -3.67. The van der Waals surface area contributed by atoms with Crippen LogP contribution >= 0.6 is 0 Å². The van der Waals surface area contributed by atoms with Crippen LogP contribution in [0, 0.1) is 0 Å². The second-order valence-electron chi connectivity index (χ2n) is 8.75. The Kier molecular flexibility index (Phi) is 5.77. The number of carbonyl (C=O) groups is 1. The molecule has 0 saturated heterocycles. The molecule has 0 heterocycles. The molecular formula is C23H30N2O3S. The van der Waals surface area contributed by atoms with Gasteiger partial charge in [-0.05, 0) is 60.6 Å². The Morgan fingerprint density at radius 3 is 2.03 bits per heavy atom. The lowest BCUT2D eigenvalue weighted by atomic mass is 9.64. The van der Waals surface area contributed by atoms with Gasteiger partial charge in [0.15, 0.2) is 0 Å². The van der Waals surface area contributed by atoms with Crippen LogP contribution in [0.15, 0.2) is 53.4 Å². The first-order valence-electron chi connectivity index (χ1n) is 10.1. The highest BCUT2D eigenvalue weighted by atomic mass is 32.2. The van der Waals surface area contributed by atoms with E-state index in [0.29, 0.717) is 12.2 Å². The van der Waals surface area contributed by atoms with Crippen molar-refractivity contribution in [2.45, 2.75) is 62.7 Å². The molecular weight excluding hydrogens is 384 g/mol. The van der Waals surface area contributed by atoms with Crippen molar-refractivity contribution in [2.75, 3.05) is 11.3 Å². The summed E-state index contributed by atoms with van der Waals surface area (Å²) in [5.41, 5.74) is 1.99. The summed E-state index contributed by atoms with van der Waals surface area (Å²) in [5, 5.41) is 2.93. The van der Waals surface area contributed by atoms with E-state index in [1.807, 2.05) is 31.2 Å². The zero-order valence-corrected chi connectivity index (χ0v) is 18.4. The van der Waals surface area contributed by atoms with Crippen molar-refractivity contribution in [2.24, 2.45) is 0 Å². The molecule has 0 aliphatic heterocycles. The molecule has 0 radical (unpaired) electrons. The van der Waals surface area contributed by atoms with E-state index in [4.69, 9.17) is 0 Å². The molecule has 156 valence electrons. The fourth-order valence-electron chi connectivity index (χ4n) is 3.71. The SMILES string of the molecule is CCNC(=O)C1(c2ccc(NS(=O)(=O)c3ccc(C(C)(C)C)cc3)cc2)CCC1. The molecule has 0 unspecified atom stereocenters. The third-order valence-corrected chi connectivity index (χ3v) is 7.10. The van der Waals surface area contributed by atoms with Gasteiger partial charge in [0.2, 0.25) is 5.91 Å². The van der Waals surface area contributed by atoms with Gasteiger partial charge in [0.1, 0.15) is 0 Å². The topological polar surface area (TPSA) is 75.3 Å². The summed E-state index contributed by atoms with van der Waals surface area (Å²) in [6.07, 6.45) is 2.67. The van der Waals surface area contributed by atoms with E-state index < -0.39 is 15.4 Å². The van der Waals surface area contributed by atoms with Crippen molar-refractivity contribution in [3.63, 3.8) is 0 Å². The average Bonchev–Trinajstić information content (AvgIpc) is 2.61. The quantitative estimate of drug-likeness (QED) is 0.738. The summed E-state index contributed by atoms with van der Waals surface area (Å²) < 4.78 is 28.1. The van der Waals surface area contributed by atoms with E-state index in [1.165, 1.54) is 0 Å². The fraction of sp³-hybridized carbons (Fsp3) is 0.435. The number of likely N-dealkylation sites (N-methyl/N-ethyl adjacent to an activating group) is 1. The molecule has 29 heavy (non-hydrogen) atoms. The number of hydrogen-bond donors (Lipinski definition) is 2. The Morgan fingerprint density at radius 2 is 1.59 bits per heavy atom. The molecule has 5 nitrogen and oxygen atoms in total. The molecule has 0 spiro atoms. The second-order valence-corrected chi connectivity index (χ2v) is 10.4. The number of hydrogen-bond acceptors (Lipinski definition) is 3. The van der Waals surface area contributed by atoms with Gasteiger partial charge in [-0.25, -0.2) is 8.42 Å². The zero-order valence-electron chi connectivity index (χ0n) is 17.6. The number of carbonyl (C=O) groups excluding carboxylic acids is 1. The van der Waals surface area contributed by atoms with Gasteiger partial charge >= 0.3 is 0 Å². The maximum atomic E-state index is 12.7. The van der Waals surface area contributed by atoms with Gasteiger partial charge in [0, 0.05) is 12.2 Å². The Hall–Kier alpha value is -2.34. The minimum absolute atomic E-state index is 0.0346. The minimum Gasteiger partial charge on any atom is -0.356 e. The van der Waals surface area contributed by atoms with Crippen molar-refractivity contribution < 1.29 is 13.2 Å². The normalized spacial score (nSPS) is 16.0. The van der Waals surface area contributed by atoms with Gasteiger partial charge in [0.25, 0.3) is 10.0 Å². The van der Waals surface area contributed by atoms with Crippen molar-refractivity contribution in [1.82, 2.24) is 5.32 Å². The maximum Gasteiger partial charge on any atom is 0.261 e. The molecule has 1 amide bonds. The highest BCUT2D eigenvalue weighted by molar-refractivity contribution is 7.92. The van der Waals surface area contributed by atoms with Gasteiger partial charge in [-0.3, -0.25) is 9.52 Å². The Balaban J connectivity index is 1.78. The summed E-state index contributed by atoms with van der Waals surface area (Å²) in [4.78, 5) is 12.8. The summed E-state index contributed by atoms with van der Waals surface area (Å²) >= 11 is 0. The molecule has 1 fully saturated rings. The van der Waals surface area contributed by atoms with E-state index in [0.717, 1.165) is 30.4 Å². The van der Waals surface area contributed by atoms with Crippen LogP contribution in [0.5, 0.6) is 0 Å². The van der Waals surface area contributed by atoms with Crippen LogP contribution in [0.2, 0.25) is 0 Å². The zero-order chi connectivity index (χ0) is 21.3. The van der Waals surface area contributed by atoms with Crippen LogP contribution < -0.4 is 10.0 Å². The van der Waals surface area contributed by atoms with Crippen LogP contribution in [-0.4, -0.2) is 20.9 Å². The molecule has 0 aromatic heterocycles. The monoisotopic (exact) mass is 414 g/mol. The molecule has 0 atom stereocenters. The van der Waals surface area contributed by atoms with Gasteiger partial charge in [-0.1, -0.05) is 51.5 Å². The summed E-state index contributed by atoms with van der Waals surface area (Å²) in [5.74, 6) is 0.0542. The third-order valence-electron chi connectivity index (χ3n) is 5.70. The molecule has 1 saturated carbocycles. The van der Waals surface area contributed by atoms with E-state index in [-0.39, 0.29) is 16.2 Å². The standard InChI is InChI=1S/C23H30N2O3S/c1-5-24-21(26)23(15-6-16-23)18-7-11-19(12-8-18)25-29(27,28)20-13-9-17(10-14-20)22(2,3)4/h7-14,25H,5-6,15-16H2,1-4H3,(H,24,26). The van der Waals surface area contributed by atoms with Gasteiger partial charge in [0.05, 0.1) is 10.3 Å². The average molecular weight is 415 g/mol. The predicted octanol–water partition coefficient (Wildman–Crippen LogP) is 4.34. The molecule has 6 heteroatoms. The van der Waals surface area contributed by atoms with Crippen molar-refractivity contribution in [1.29, 1.82) is 0 Å². The number of sulfonamides is 1. The van der Waals surface area contributed by atoms with Crippen LogP contribution in [0.1, 0.15) is 58.1 Å². The number of benzene rings is 2. The number of rotatable bonds is 6. The van der Waals surface area contributed by atoms with E-state index in [1.54, 1.807) is 24.3 Å². The van der Waals surface area contributed by atoms with E-state index >= 15 is 0 Å². The first-order chi connectivity index (χ1) is 13.6. The third kappa shape index (κ3) is 4.32. The van der Waals surface area contributed by atoms with Crippen molar-refractivity contribution in [3.05, 3.63) is 59.7 Å². The molecule has 1 aliphatic carbocycles. The molecule has 1 aliphatic rings. The van der Waals surface area contributed by atoms with Crippen LogP contribution in [0.4, 0.5) is 5.69 Å². The molecule has 2 aromatic rings. The van der Waals surface area contributed by atoms with E-state index in [9.17, 15) is 13.2 Å². The number of anilines is 1. The minimum atomic E-state index is -3.67. The maximum absolute atomic E-state index is 12.7. The van der Waals surface area contributed by atoms with Gasteiger partial charge in [-0.2, -0.15) is 0 Å². The Labute approximate surface area is 174 Å². The van der Waals surface area contributed by atoms with Gasteiger partial charge in [-0.15, -0.1) is 0 Å². The molecule has 0 bridgehead atoms. The Morgan fingerprint density at radius 1 is 1.00 bits per heavy atom. The largest absolute Gasteiger partial charge is 0.356 e. The summed E-state index contributed by atoms with van der Waals surface area (Å²) in [6.45, 7) is 8.78. The van der Waals surface area contributed by atoms with Crippen molar-refractivity contribution >= 4 is 21.6 Å². The number of nitrogens with one attached hydrogen (secondary N) is 2.